The lowest BCUT2D eigenvalue weighted by Crippen LogP contribution is -2.68. The zero-order valence-electron chi connectivity index (χ0n) is 31.4. The van der Waals surface area contributed by atoms with E-state index in [1.54, 1.807) is 0 Å². The number of hydrogen-bond donors (Lipinski definition) is 0. The quantitative estimate of drug-likeness (QED) is 0.0824. The van der Waals surface area contributed by atoms with Gasteiger partial charge in [-0.2, -0.15) is 0 Å². The number of rotatable bonds is 13. The van der Waals surface area contributed by atoms with Crippen LogP contribution in [-0.4, -0.2) is 53.1 Å². The lowest BCUT2D eigenvalue weighted by molar-refractivity contribution is -0.157. The van der Waals surface area contributed by atoms with Gasteiger partial charge in [-0.05, 0) is 58.0 Å². The van der Waals surface area contributed by atoms with E-state index in [-0.39, 0.29) is 34.7 Å². The summed E-state index contributed by atoms with van der Waals surface area (Å²) in [6, 6.07) is 42.6. The van der Waals surface area contributed by atoms with E-state index in [4.69, 9.17) is 18.3 Å². The fraction of sp³-hybridized carbons (Fsp3) is 0.419. The van der Waals surface area contributed by atoms with E-state index < -0.39 is 28.3 Å². The number of carbonyl (C=O) groups is 1. The molecule has 4 aromatic rings. The minimum atomic E-state index is -2.98. The van der Waals surface area contributed by atoms with Crippen LogP contribution in [0.25, 0.3) is 0 Å². The fourth-order valence-electron chi connectivity index (χ4n) is 7.50. The number of hydrogen-bond acceptors (Lipinski definition) is 5. The highest BCUT2D eigenvalue weighted by atomic mass is 28.4. The van der Waals surface area contributed by atoms with Crippen LogP contribution in [0.4, 0.5) is 0 Å². The molecule has 1 fully saturated rings. The highest BCUT2D eigenvalue weighted by molar-refractivity contribution is 7.00. The van der Waals surface area contributed by atoms with Gasteiger partial charge in [-0.25, -0.2) is 0 Å². The Hall–Kier alpha value is -3.34. The average Bonchev–Trinajstić information content (AvgIpc) is 3.84. The summed E-state index contributed by atoms with van der Waals surface area (Å²) in [5, 5.41) is 4.47. The standard InChI is InChI=1S/C43H56O5Si2/c1-41(2,3)47-39(44)32-38(48-50(43(7,8)9,35-26-18-12-19-27-35)36-28-20-13-21-29-36)40-37(46-40)30-31-45-49(42(4,5)6,33-22-14-10-15-23-33)34-24-16-11-17-25-34/h10-29,37-38,40H,30-32H2,1-9H3/t37-,38-,40+/m0/s1. The van der Waals surface area contributed by atoms with Gasteiger partial charge in [-0.15, -0.1) is 0 Å². The zero-order valence-corrected chi connectivity index (χ0v) is 33.4. The Bertz CT molecular complexity index is 1580. The van der Waals surface area contributed by atoms with Gasteiger partial charge in [0.15, 0.2) is 0 Å². The van der Waals surface area contributed by atoms with Gasteiger partial charge >= 0.3 is 5.97 Å². The highest BCUT2D eigenvalue weighted by Crippen LogP contribution is 2.42. The lowest BCUT2D eigenvalue weighted by atomic mass is 10.1. The summed E-state index contributed by atoms with van der Waals surface area (Å²) in [5.41, 5.74) is -0.605. The summed E-state index contributed by atoms with van der Waals surface area (Å²) < 4.78 is 27.1. The summed E-state index contributed by atoms with van der Waals surface area (Å²) in [6.07, 6.45) is -0.0393. The van der Waals surface area contributed by atoms with Crippen LogP contribution in [0.5, 0.6) is 0 Å². The average molecular weight is 709 g/mol. The lowest BCUT2D eigenvalue weighted by Gasteiger charge is -2.45. The molecule has 3 atom stereocenters. The Morgan fingerprint density at radius 3 is 1.36 bits per heavy atom. The molecule has 1 saturated heterocycles. The molecule has 5 rings (SSSR count). The SMILES string of the molecule is CC(C)(C)OC(=O)C[C@H](O[Si](c1ccccc1)(c1ccccc1)C(C)(C)C)[C@@H]1O[C@H]1CCO[Si](c1ccccc1)(c1ccccc1)C(C)(C)C. The third-order valence-corrected chi connectivity index (χ3v) is 19.8. The van der Waals surface area contributed by atoms with Crippen LogP contribution < -0.4 is 20.7 Å². The molecule has 266 valence electrons. The Morgan fingerprint density at radius 1 is 0.620 bits per heavy atom. The number of esters is 1. The van der Waals surface area contributed by atoms with E-state index in [0.717, 1.165) is 0 Å². The van der Waals surface area contributed by atoms with Crippen molar-refractivity contribution < 1.29 is 23.1 Å². The van der Waals surface area contributed by atoms with Gasteiger partial charge < -0.3 is 18.3 Å². The molecule has 5 nitrogen and oxygen atoms in total. The fourth-order valence-corrected chi connectivity index (χ4v) is 16.8. The van der Waals surface area contributed by atoms with Gasteiger partial charge in [0.05, 0.1) is 18.6 Å². The monoisotopic (exact) mass is 708 g/mol. The largest absolute Gasteiger partial charge is 0.460 e. The molecule has 0 radical (unpaired) electrons. The Labute approximate surface area is 302 Å². The van der Waals surface area contributed by atoms with Gasteiger partial charge in [0.2, 0.25) is 0 Å². The first-order valence-electron chi connectivity index (χ1n) is 18.0. The zero-order chi connectivity index (χ0) is 36.2. The normalized spacial score (nSPS) is 17.6. The Morgan fingerprint density at radius 2 is 1.00 bits per heavy atom. The molecule has 0 bridgehead atoms. The predicted molar refractivity (Wildman–Crippen MR) is 210 cm³/mol. The van der Waals surface area contributed by atoms with Crippen LogP contribution in [0.2, 0.25) is 10.1 Å². The van der Waals surface area contributed by atoms with Gasteiger partial charge in [-0.1, -0.05) is 163 Å². The minimum Gasteiger partial charge on any atom is -0.460 e. The van der Waals surface area contributed by atoms with E-state index in [0.29, 0.717) is 13.0 Å². The van der Waals surface area contributed by atoms with Crippen molar-refractivity contribution in [3.8, 4) is 0 Å². The second kappa shape index (κ2) is 15.1. The molecule has 1 aliphatic heterocycles. The van der Waals surface area contributed by atoms with Gasteiger partial charge in [0, 0.05) is 6.61 Å². The molecular weight excluding hydrogens is 653 g/mol. The Kier molecular flexibility index (Phi) is 11.4. The molecule has 0 unspecified atom stereocenters. The summed E-state index contributed by atoms with van der Waals surface area (Å²) in [5.74, 6) is -0.279. The first-order chi connectivity index (χ1) is 23.6. The van der Waals surface area contributed by atoms with Crippen LogP contribution >= 0.6 is 0 Å². The molecule has 0 aliphatic carbocycles. The van der Waals surface area contributed by atoms with Crippen molar-refractivity contribution in [2.24, 2.45) is 0 Å². The van der Waals surface area contributed by atoms with E-state index >= 15 is 0 Å². The van der Waals surface area contributed by atoms with Crippen molar-refractivity contribution in [1.29, 1.82) is 0 Å². The molecule has 0 N–H and O–H groups in total. The van der Waals surface area contributed by atoms with Crippen LogP contribution in [-0.2, 0) is 23.1 Å². The van der Waals surface area contributed by atoms with Crippen molar-refractivity contribution in [3.63, 3.8) is 0 Å². The molecule has 0 amide bonds. The summed E-state index contributed by atoms with van der Waals surface area (Å²) in [6.45, 7) is 19.9. The third-order valence-electron chi connectivity index (χ3n) is 9.66. The van der Waals surface area contributed by atoms with E-state index in [1.165, 1.54) is 20.7 Å². The van der Waals surface area contributed by atoms with Crippen molar-refractivity contribution >= 4 is 43.4 Å². The molecule has 50 heavy (non-hydrogen) atoms. The Balaban J connectivity index is 1.46. The maximum absolute atomic E-state index is 13.5. The first-order valence-corrected chi connectivity index (χ1v) is 21.8. The van der Waals surface area contributed by atoms with Crippen LogP contribution in [0.15, 0.2) is 121 Å². The number of benzene rings is 4. The summed E-state index contributed by atoms with van der Waals surface area (Å²) >= 11 is 0. The number of epoxide rings is 1. The highest BCUT2D eigenvalue weighted by Gasteiger charge is 2.56. The second-order valence-electron chi connectivity index (χ2n) is 16.5. The smallest absolute Gasteiger partial charge is 0.308 e. The molecule has 4 aromatic carbocycles. The van der Waals surface area contributed by atoms with Gasteiger partial charge in [0.25, 0.3) is 16.6 Å². The van der Waals surface area contributed by atoms with Crippen LogP contribution in [0.3, 0.4) is 0 Å². The molecular formula is C43H56O5Si2. The number of carbonyl (C=O) groups excluding carboxylic acids is 1. The molecule has 7 heteroatoms. The minimum absolute atomic E-state index is 0.0983. The summed E-state index contributed by atoms with van der Waals surface area (Å²) in [4.78, 5) is 13.5. The van der Waals surface area contributed by atoms with Gasteiger partial charge in [0.1, 0.15) is 11.7 Å². The molecule has 0 aromatic heterocycles. The van der Waals surface area contributed by atoms with Crippen molar-refractivity contribution in [2.45, 2.75) is 109 Å². The van der Waals surface area contributed by atoms with Crippen molar-refractivity contribution in [1.82, 2.24) is 0 Å². The molecule has 1 aliphatic rings. The maximum atomic E-state index is 13.5. The van der Waals surface area contributed by atoms with E-state index in [9.17, 15) is 4.79 Å². The second-order valence-corrected chi connectivity index (χ2v) is 25.1. The molecule has 0 spiro atoms. The van der Waals surface area contributed by atoms with Crippen molar-refractivity contribution in [2.75, 3.05) is 6.61 Å². The van der Waals surface area contributed by atoms with Gasteiger partial charge in [-0.3, -0.25) is 4.79 Å². The topological polar surface area (TPSA) is 57.3 Å². The number of ether oxygens (including phenoxy) is 2. The van der Waals surface area contributed by atoms with E-state index in [1.807, 2.05) is 32.9 Å². The predicted octanol–water partition coefficient (Wildman–Crippen LogP) is 7.40. The third kappa shape index (κ3) is 8.24. The maximum Gasteiger partial charge on any atom is 0.308 e. The molecule has 1 heterocycles. The molecule has 0 saturated carbocycles. The van der Waals surface area contributed by atoms with Crippen LogP contribution in [0.1, 0.15) is 75.2 Å². The first kappa shape index (κ1) is 37.9. The van der Waals surface area contributed by atoms with E-state index in [2.05, 4.69) is 151 Å². The van der Waals surface area contributed by atoms with Crippen molar-refractivity contribution in [3.05, 3.63) is 121 Å². The van der Waals surface area contributed by atoms with Crippen LogP contribution in [0, 0.1) is 0 Å². The summed E-state index contributed by atoms with van der Waals surface area (Å²) in [7, 11) is -5.67.